The Labute approximate surface area is 157 Å². The Hall–Kier alpha value is -3.52. The summed E-state index contributed by atoms with van der Waals surface area (Å²) >= 11 is 1.52. The number of hydrogen-bond acceptors (Lipinski definition) is 7. The molecule has 1 N–H and O–H groups in total. The molecule has 0 spiro atoms. The highest BCUT2D eigenvalue weighted by atomic mass is 32.1. The second kappa shape index (κ2) is 6.33. The number of H-pyrrole nitrogens is 1. The number of methoxy groups -OCH3 is 1. The predicted molar refractivity (Wildman–Crippen MR) is 102 cm³/mol. The summed E-state index contributed by atoms with van der Waals surface area (Å²) in [5.74, 6) is 1.61. The van der Waals surface area contributed by atoms with E-state index in [2.05, 4.69) is 25.3 Å². The van der Waals surface area contributed by atoms with Crippen molar-refractivity contribution in [1.82, 2.24) is 25.3 Å². The summed E-state index contributed by atoms with van der Waals surface area (Å²) < 4.78 is 10.6. The van der Waals surface area contributed by atoms with Crippen molar-refractivity contribution in [2.75, 3.05) is 7.11 Å². The zero-order chi connectivity index (χ0) is 18.2. The molecule has 0 saturated carbocycles. The minimum absolute atomic E-state index is 0.369. The Kier molecular flexibility index (Phi) is 3.68. The van der Waals surface area contributed by atoms with Gasteiger partial charge < -0.3 is 9.26 Å². The summed E-state index contributed by atoms with van der Waals surface area (Å²) in [7, 11) is 1.65. The Morgan fingerprint density at radius 1 is 1.04 bits per heavy atom. The first-order chi connectivity index (χ1) is 13.3. The third-order valence-corrected chi connectivity index (χ3v) is 5.06. The molecule has 0 amide bonds. The normalized spacial score (nSPS) is 11.1. The number of thiazole rings is 1. The summed E-state index contributed by atoms with van der Waals surface area (Å²) in [6.07, 6.45) is 0. The lowest BCUT2D eigenvalue weighted by Crippen LogP contribution is -1.84. The fraction of sp³-hybridized carbons (Fsp3) is 0.0526. The molecule has 0 aliphatic rings. The molecule has 0 fully saturated rings. The monoisotopic (exact) mass is 375 g/mol. The highest BCUT2D eigenvalue weighted by Crippen LogP contribution is 2.31. The van der Waals surface area contributed by atoms with Gasteiger partial charge in [0.2, 0.25) is 5.82 Å². The molecule has 0 atom stereocenters. The van der Waals surface area contributed by atoms with Crippen molar-refractivity contribution in [2.24, 2.45) is 0 Å². The van der Waals surface area contributed by atoms with Gasteiger partial charge in [-0.05, 0) is 30.3 Å². The maximum absolute atomic E-state index is 5.42. The molecule has 0 unspecified atom stereocenters. The van der Waals surface area contributed by atoms with Crippen molar-refractivity contribution in [3.63, 3.8) is 0 Å². The topological polar surface area (TPSA) is 89.7 Å². The number of nitrogens with zero attached hydrogens (tertiary/aromatic N) is 4. The number of hydrogen-bond donors (Lipinski definition) is 1. The zero-order valence-corrected chi connectivity index (χ0v) is 15.0. The third kappa shape index (κ3) is 2.76. The van der Waals surface area contributed by atoms with E-state index in [4.69, 9.17) is 9.26 Å². The van der Waals surface area contributed by atoms with Gasteiger partial charge in [-0.15, -0.1) is 11.3 Å². The molecule has 3 heterocycles. The average molecular weight is 375 g/mol. The highest BCUT2D eigenvalue weighted by molar-refractivity contribution is 7.13. The van der Waals surface area contributed by atoms with Crippen molar-refractivity contribution in [3.05, 3.63) is 53.9 Å². The van der Waals surface area contributed by atoms with Gasteiger partial charge in [0.05, 0.1) is 12.6 Å². The third-order valence-electron chi connectivity index (χ3n) is 4.17. The standard InChI is InChI=1S/C19H13N5O2S/c1-25-12-8-6-11(7-9-12)19-20-15(10-27-19)18-21-17(24-26-18)16-13-4-2-3-5-14(13)22-23-16/h2-10H,1H3,(H,22,23). The van der Waals surface area contributed by atoms with Crippen LogP contribution in [-0.2, 0) is 0 Å². The first kappa shape index (κ1) is 15.7. The second-order valence-corrected chi connectivity index (χ2v) is 6.67. The summed E-state index contributed by atoms with van der Waals surface area (Å²) in [6, 6.07) is 15.6. The highest BCUT2D eigenvalue weighted by Gasteiger charge is 2.17. The van der Waals surface area contributed by atoms with Crippen LogP contribution in [0.3, 0.4) is 0 Å². The van der Waals surface area contributed by atoms with E-state index in [9.17, 15) is 0 Å². The van der Waals surface area contributed by atoms with Gasteiger partial charge in [0.15, 0.2) is 0 Å². The lowest BCUT2D eigenvalue weighted by Gasteiger charge is -1.99. The molecular formula is C19H13N5O2S. The van der Waals surface area contributed by atoms with Crippen molar-refractivity contribution in [3.8, 4) is 39.4 Å². The van der Waals surface area contributed by atoms with Gasteiger partial charge in [0.25, 0.3) is 5.89 Å². The van der Waals surface area contributed by atoms with E-state index >= 15 is 0 Å². The molecule has 0 aliphatic carbocycles. The van der Waals surface area contributed by atoms with E-state index in [-0.39, 0.29) is 0 Å². The maximum Gasteiger partial charge on any atom is 0.277 e. The quantitative estimate of drug-likeness (QED) is 0.500. The van der Waals surface area contributed by atoms with Crippen molar-refractivity contribution < 1.29 is 9.26 Å². The number of aromatic nitrogens is 5. The van der Waals surface area contributed by atoms with Gasteiger partial charge in [-0.25, -0.2) is 4.98 Å². The van der Waals surface area contributed by atoms with Crippen molar-refractivity contribution >= 4 is 22.2 Å². The van der Waals surface area contributed by atoms with E-state index in [1.165, 1.54) is 11.3 Å². The van der Waals surface area contributed by atoms with E-state index in [1.807, 2.05) is 53.9 Å². The fourth-order valence-electron chi connectivity index (χ4n) is 2.80. The Balaban J connectivity index is 1.47. The number of nitrogens with one attached hydrogen (secondary N) is 1. The minimum atomic E-state index is 0.369. The average Bonchev–Trinajstić information content (AvgIpc) is 3.46. The van der Waals surface area contributed by atoms with Crippen LogP contribution < -0.4 is 4.74 Å². The summed E-state index contributed by atoms with van der Waals surface area (Å²) in [5.41, 5.74) is 3.23. The molecule has 5 rings (SSSR count). The molecular weight excluding hydrogens is 362 g/mol. The molecule has 0 saturated heterocycles. The van der Waals surface area contributed by atoms with Crippen LogP contribution in [0.15, 0.2) is 58.4 Å². The van der Waals surface area contributed by atoms with Crippen LogP contribution in [0.5, 0.6) is 5.75 Å². The SMILES string of the molecule is COc1ccc(-c2nc(-c3nc(-c4n[nH]c5ccccc45)no3)cs2)cc1. The summed E-state index contributed by atoms with van der Waals surface area (Å²) in [5, 5.41) is 15.1. The number of para-hydroxylation sites is 1. The fourth-order valence-corrected chi connectivity index (χ4v) is 3.60. The van der Waals surface area contributed by atoms with Crippen LogP contribution in [0.1, 0.15) is 0 Å². The number of ether oxygens (including phenoxy) is 1. The van der Waals surface area contributed by atoms with E-state index in [0.29, 0.717) is 23.1 Å². The lowest BCUT2D eigenvalue weighted by molar-refractivity contribution is 0.415. The van der Waals surface area contributed by atoms with Gasteiger partial charge >= 0.3 is 0 Å². The first-order valence-corrected chi connectivity index (χ1v) is 9.07. The van der Waals surface area contributed by atoms with Gasteiger partial charge in [-0.1, -0.05) is 23.4 Å². The number of aromatic amines is 1. The lowest BCUT2D eigenvalue weighted by atomic mass is 10.2. The molecule has 0 aliphatic heterocycles. The second-order valence-electron chi connectivity index (χ2n) is 5.81. The van der Waals surface area contributed by atoms with Crippen LogP contribution in [-0.4, -0.2) is 32.4 Å². The molecule has 5 aromatic rings. The number of benzene rings is 2. The largest absolute Gasteiger partial charge is 0.497 e. The number of rotatable bonds is 4. The van der Waals surface area contributed by atoms with Gasteiger partial charge in [0.1, 0.15) is 22.1 Å². The summed E-state index contributed by atoms with van der Waals surface area (Å²) in [6.45, 7) is 0. The first-order valence-electron chi connectivity index (χ1n) is 8.19. The van der Waals surface area contributed by atoms with Crippen LogP contribution in [0.4, 0.5) is 0 Å². The minimum Gasteiger partial charge on any atom is -0.497 e. The smallest absolute Gasteiger partial charge is 0.277 e. The van der Waals surface area contributed by atoms with Crippen LogP contribution in [0.25, 0.3) is 44.6 Å². The van der Waals surface area contributed by atoms with Gasteiger partial charge in [-0.3, -0.25) is 5.10 Å². The van der Waals surface area contributed by atoms with E-state index < -0.39 is 0 Å². The molecule has 2 aromatic carbocycles. The van der Waals surface area contributed by atoms with E-state index in [0.717, 1.165) is 27.2 Å². The summed E-state index contributed by atoms with van der Waals surface area (Å²) in [4.78, 5) is 9.09. The molecule has 27 heavy (non-hydrogen) atoms. The number of fused-ring (bicyclic) bond motifs is 1. The van der Waals surface area contributed by atoms with Crippen LogP contribution in [0, 0.1) is 0 Å². The van der Waals surface area contributed by atoms with Gasteiger partial charge in [0, 0.05) is 16.3 Å². The Morgan fingerprint density at radius 3 is 2.74 bits per heavy atom. The van der Waals surface area contributed by atoms with E-state index in [1.54, 1.807) is 7.11 Å². The molecule has 0 radical (unpaired) electrons. The molecule has 0 bridgehead atoms. The predicted octanol–water partition coefficient (Wildman–Crippen LogP) is 4.41. The molecule has 3 aromatic heterocycles. The molecule has 8 heteroatoms. The van der Waals surface area contributed by atoms with Crippen LogP contribution in [0.2, 0.25) is 0 Å². The van der Waals surface area contributed by atoms with Crippen molar-refractivity contribution in [1.29, 1.82) is 0 Å². The van der Waals surface area contributed by atoms with Gasteiger partial charge in [-0.2, -0.15) is 10.1 Å². The maximum atomic E-state index is 5.42. The molecule has 7 nitrogen and oxygen atoms in total. The van der Waals surface area contributed by atoms with Crippen molar-refractivity contribution in [2.45, 2.75) is 0 Å². The van der Waals surface area contributed by atoms with Crippen LogP contribution >= 0.6 is 11.3 Å². The Bertz CT molecular complexity index is 1220. The molecule has 132 valence electrons. The zero-order valence-electron chi connectivity index (χ0n) is 14.2. The Morgan fingerprint density at radius 2 is 1.89 bits per heavy atom.